The van der Waals surface area contributed by atoms with Crippen molar-refractivity contribution < 1.29 is 4.79 Å². The molecule has 86 valence electrons. The Morgan fingerprint density at radius 3 is 2.62 bits per heavy atom. The van der Waals surface area contributed by atoms with Crippen LogP contribution in [0.3, 0.4) is 0 Å². The number of anilines is 1. The van der Waals surface area contributed by atoms with Crippen molar-refractivity contribution in [1.82, 2.24) is 4.90 Å². The van der Waals surface area contributed by atoms with Crippen LogP contribution in [0, 0.1) is 6.92 Å². The minimum atomic E-state index is 0.0619. The van der Waals surface area contributed by atoms with E-state index >= 15 is 0 Å². The van der Waals surface area contributed by atoms with Crippen LogP contribution in [0.5, 0.6) is 0 Å². The first-order chi connectivity index (χ1) is 7.58. The van der Waals surface area contributed by atoms with Gasteiger partial charge in [0.05, 0.1) is 5.56 Å². The summed E-state index contributed by atoms with van der Waals surface area (Å²) in [6.45, 7) is 2.01. The second-order valence-electron chi connectivity index (χ2n) is 4.67. The molecule has 3 nitrogen and oxygen atoms in total. The van der Waals surface area contributed by atoms with E-state index in [1.54, 1.807) is 19.0 Å². The molecule has 3 heteroatoms. The smallest absolute Gasteiger partial charge is 0.255 e. The number of hydrogen-bond donors (Lipinski definition) is 1. The molecule has 0 radical (unpaired) electrons. The Bertz CT molecular complexity index is 408. The van der Waals surface area contributed by atoms with Gasteiger partial charge in [-0.2, -0.15) is 0 Å². The molecule has 2 rings (SSSR count). The van der Waals surface area contributed by atoms with E-state index < -0.39 is 0 Å². The molecule has 0 unspecified atom stereocenters. The van der Waals surface area contributed by atoms with E-state index in [0.717, 1.165) is 16.8 Å². The Hall–Kier alpha value is -1.51. The lowest BCUT2D eigenvalue weighted by atomic mass is 10.1. The van der Waals surface area contributed by atoms with Crippen molar-refractivity contribution in [3.05, 3.63) is 29.3 Å². The first-order valence-corrected chi connectivity index (χ1v) is 5.67. The van der Waals surface area contributed by atoms with Crippen LogP contribution in [0.25, 0.3) is 0 Å². The standard InChI is InChI=1S/C13H18N2O/c1-9-4-7-12(14-10-5-6-10)11(8-9)13(16)15(2)3/h4,7-8,10,14H,5-6H2,1-3H3. The van der Waals surface area contributed by atoms with Crippen LogP contribution in [0.1, 0.15) is 28.8 Å². The van der Waals surface area contributed by atoms with Gasteiger partial charge in [-0.25, -0.2) is 0 Å². The minimum absolute atomic E-state index is 0.0619. The highest BCUT2D eigenvalue weighted by Gasteiger charge is 2.23. The number of amides is 1. The SMILES string of the molecule is Cc1ccc(NC2CC2)c(C(=O)N(C)C)c1. The maximum Gasteiger partial charge on any atom is 0.255 e. The topological polar surface area (TPSA) is 32.3 Å². The molecular weight excluding hydrogens is 200 g/mol. The average Bonchev–Trinajstić information content (AvgIpc) is 3.03. The Morgan fingerprint density at radius 2 is 2.06 bits per heavy atom. The lowest BCUT2D eigenvalue weighted by molar-refractivity contribution is 0.0828. The fourth-order valence-electron chi connectivity index (χ4n) is 1.65. The van der Waals surface area contributed by atoms with Gasteiger partial charge in [0.25, 0.3) is 5.91 Å². The molecule has 0 bridgehead atoms. The Kier molecular flexibility index (Phi) is 2.86. The summed E-state index contributed by atoms with van der Waals surface area (Å²) in [4.78, 5) is 13.6. The van der Waals surface area contributed by atoms with Crippen LogP contribution in [-0.4, -0.2) is 30.9 Å². The number of carbonyl (C=O) groups excluding carboxylic acids is 1. The molecule has 0 spiro atoms. The number of rotatable bonds is 3. The fraction of sp³-hybridized carbons (Fsp3) is 0.462. The highest BCUT2D eigenvalue weighted by Crippen LogP contribution is 2.27. The first kappa shape index (κ1) is 11.0. The molecule has 1 saturated carbocycles. The number of nitrogens with one attached hydrogen (secondary N) is 1. The highest BCUT2D eigenvalue weighted by molar-refractivity contribution is 5.99. The Morgan fingerprint density at radius 1 is 1.38 bits per heavy atom. The summed E-state index contributed by atoms with van der Waals surface area (Å²) < 4.78 is 0. The zero-order valence-corrected chi connectivity index (χ0v) is 10.1. The first-order valence-electron chi connectivity index (χ1n) is 5.67. The Labute approximate surface area is 96.5 Å². The third-order valence-corrected chi connectivity index (χ3v) is 2.75. The van der Waals surface area contributed by atoms with E-state index in [0.29, 0.717) is 6.04 Å². The van der Waals surface area contributed by atoms with Crippen LogP contribution in [0.2, 0.25) is 0 Å². The molecule has 1 aromatic carbocycles. The van der Waals surface area contributed by atoms with Crippen molar-refractivity contribution in [2.75, 3.05) is 19.4 Å². The van der Waals surface area contributed by atoms with Gasteiger partial charge >= 0.3 is 0 Å². The summed E-state index contributed by atoms with van der Waals surface area (Å²) >= 11 is 0. The molecule has 0 aliphatic heterocycles. The monoisotopic (exact) mass is 218 g/mol. The molecule has 1 aliphatic carbocycles. The van der Waals surface area contributed by atoms with Crippen molar-refractivity contribution >= 4 is 11.6 Å². The van der Waals surface area contributed by atoms with Gasteiger partial charge < -0.3 is 10.2 Å². The number of nitrogens with zero attached hydrogens (tertiary/aromatic N) is 1. The molecule has 0 aromatic heterocycles. The molecule has 1 aromatic rings. The van der Waals surface area contributed by atoms with Crippen LogP contribution in [0.4, 0.5) is 5.69 Å². The molecule has 0 saturated heterocycles. The van der Waals surface area contributed by atoms with E-state index in [4.69, 9.17) is 0 Å². The maximum absolute atomic E-state index is 12.0. The van der Waals surface area contributed by atoms with Gasteiger partial charge in [0, 0.05) is 25.8 Å². The average molecular weight is 218 g/mol. The minimum Gasteiger partial charge on any atom is -0.382 e. The largest absolute Gasteiger partial charge is 0.382 e. The molecule has 1 fully saturated rings. The second kappa shape index (κ2) is 4.16. The summed E-state index contributed by atoms with van der Waals surface area (Å²) in [5.41, 5.74) is 2.86. The van der Waals surface area contributed by atoms with Gasteiger partial charge in [-0.15, -0.1) is 0 Å². The van der Waals surface area contributed by atoms with Crippen molar-refractivity contribution in [2.45, 2.75) is 25.8 Å². The molecule has 1 N–H and O–H groups in total. The normalized spacial score (nSPS) is 14.7. The lowest BCUT2D eigenvalue weighted by Crippen LogP contribution is -2.23. The number of benzene rings is 1. The van der Waals surface area contributed by atoms with Crippen molar-refractivity contribution in [3.8, 4) is 0 Å². The zero-order valence-electron chi connectivity index (χ0n) is 10.1. The number of aryl methyl sites for hydroxylation is 1. The summed E-state index contributed by atoms with van der Waals surface area (Å²) in [6.07, 6.45) is 2.42. The number of hydrogen-bond acceptors (Lipinski definition) is 2. The zero-order chi connectivity index (χ0) is 11.7. The second-order valence-corrected chi connectivity index (χ2v) is 4.67. The molecular formula is C13H18N2O. The summed E-state index contributed by atoms with van der Waals surface area (Å²) in [6, 6.07) is 6.56. The van der Waals surface area contributed by atoms with Crippen LogP contribution in [0.15, 0.2) is 18.2 Å². The molecule has 1 aliphatic rings. The van der Waals surface area contributed by atoms with Gasteiger partial charge in [-0.3, -0.25) is 4.79 Å². The third-order valence-electron chi connectivity index (χ3n) is 2.75. The van der Waals surface area contributed by atoms with E-state index in [-0.39, 0.29) is 5.91 Å². The number of carbonyl (C=O) groups is 1. The van der Waals surface area contributed by atoms with Gasteiger partial charge in [-0.05, 0) is 31.9 Å². The van der Waals surface area contributed by atoms with Gasteiger partial charge in [0.15, 0.2) is 0 Å². The maximum atomic E-state index is 12.0. The van der Waals surface area contributed by atoms with E-state index in [9.17, 15) is 4.79 Å². The summed E-state index contributed by atoms with van der Waals surface area (Å²) in [5, 5.41) is 3.40. The lowest BCUT2D eigenvalue weighted by Gasteiger charge is -2.15. The van der Waals surface area contributed by atoms with Crippen molar-refractivity contribution in [2.24, 2.45) is 0 Å². The van der Waals surface area contributed by atoms with E-state index in [1.165, 1.54) is 12.8 Å². The molecule has 1 amide bonds. The van der Waals surface area contributed by atoms with Gasteiger partial charge in [-0.1, -0.05) is 11.6 Å². The predicted molar refractivity (Wildman–Crippen MR) is 65.8 cm³/mol. The van der Waals surface area contributed by atoms with E-state index in [1.807, 2.05) is 25.1 Å². The summed E-state index contributed by atoms with van der Waals surface area (Å²) in [7, 11) is 3.57. The van der Waals surface area contributed by atoms with Gasteiger partial charge in [0.1, 0.15) is 0 Å². The van der Waals surface area contributed by atoms with Crippen molar-refractivity contribution in [1.29, 1.82) is 0 Å². The molecule has 0 heterocycles. The van der Waals surface area contributed by atoms with Crippen LogP contribution >= 0.6 is 0 Å². The quantitative estimate of drug-likeness (QED) is 0.844. The van der Waals surface area contributed by atoms with Crippen LogP contribution < -0.4 is 5.32 Å². The van der Waals surface area contributed by atoms with E-state index in [2.05, 4.69) is 5.32 Å². The fourth-order valence-corrected chi connectivity index (χ4v) is 1.65. The molecule has 0 atom stereocenters. The summed E-state index contributed by atoms with van der Waals surface area (Å²) in [5.74, 6) is 0.0619. The van der Waals surface area contributed by atoms with Gasteiger partial charge in [0.2, 0.25) is 0 Å². The highest BCUT2D eigenvalue weighted by atomic mass is 16.2. The Balaban J connectivity index is 2.30. The molecule has 16 heavy (non-hydrogen) atoms. The van der Waals surface area contributed by atoms with Crippen LogP contribution in [-0.2, 0) is 0 Å². The third kappa shape index (κ3) is 2.35. The predicted octanol–water partition coefficient (Wildman–Crippen LogP) is 2.27. The van der Waals surface area contributed by atoms with Crippen molar-refractivity contribution in [3.63, 3.8) is 0 Å².